The molecule has 3 fully saturated rings. The van der Waals surface area contributed by atoms with Gasteiger partial charge >= 0.3 is 0 Å². The minimum atomic E-state index is -0.0969. The van der Waals surface area contributed by atoms with E-state index in [1.54, 1.807) is 11.8 Å². The Morgan fingerprint density at radius 2 is 2.08 bits per heavy atom. The summed E-state index contributed by atoms with van der Waals surface area (Å²) in [6.07, 6.45) is 11.0. The van der Waals surface area contributed by atoms with Crippen LogP contribution in [0.4, 0.5) is 0 Å². The highest BCUT2D eigenvalue weighted by atomic mass is 32.2. The van der Waals surface area contributed by atoms with Crippen LogP contribution < -0.4 is 0 Å². The summed E-state index contributed by atoms with van der Waals surface area (Å²) in [5.41, 5.74) is 0. The number of rotatable bonds is 5. The van der Waals surface area contributed by atoms with Crippen molar-refractivity contribution >= 4 is 23.6 Å². The Labute approximate surface area is 160 Å². The summed E-state index contributed by atoms with van der Waals surface area (Å²) >= 11 is 1.79. The summed E-state index contributed by atoms with van der Waals surface area (Å²) in [6, 6.07) is 4.26. The Morgan fingerprint density at radius 1 is 1.27 bits per heavy atom. The van der Waals surface area contributed by atoms with E-state index >= 15 is 0 Å². The van der Waals surface area contributed by atoms with Gasteiger partial charge in [-0.15, -0.1) is 0 Å². The second-order valence-corrected chi connectivity index (χ2v) is 9.02. The molecule has 0 saturated carbocycles. The fourth-order valence-electron chi connectivity index (χ4n) is 5.19. The lowest BCUT2D eigenvalue weighted by atomic mass is 9.76. The zero-order valence-electron chi connectivity index (χ0n) is 15.5. The number of carbonyl (C=O) groups is 2. The number of piperidine rings is 3. The first-order valence-electron chi connectivity index (χ1n) is 9.87. The van der Waals surface area contributed by atoms with E-state index in [1.807, 2.05) is 24.5 Å². The van der Waals surface area contributed by atoms with Crippen molar-refractivity contribution in [1.29, 1.82) is 0 Å². The molecule has 4 heterocycles. The van der Waals surface area contributed by atoms with Gasteiger partial charge in [-0.05, 0) is 61.7 Å². The summed E-state index contributed by atoms with van der Waals surface area (Å²) < 4.78 is 2.07. The molecular weight excluding hydrogens is 346 g/mol. The molecule has 0 aromatic carbocycles. The summed E-state index contributed by atoms with van der Waals surface area (Å²) in [4.78, 5) is 29.9. The number of fused-ring (bicyclic) bond motifs is 4. The van der Waals surface area contributed by atoms with Crippen molar-refractivity contribution in [3.05, 3.63) is 24.5 Å². The first-order chi connectivity index (χ1) is 12.7. The predicted octanol–water partition coefficient (Wildman–Crippen LogP) is 2.64. The van der Waals surface area contributed by atoms with Crippen LogP contribution >= 0.6 is 11.8 Å². The van der Waals surface area contributed by atoms with E-state index in [-0.39, 0.29) is 11.9 Å². The number of likely N-dealkylation sites (tertiary alicyclic amines) is 1. The minimum Gasteiger partial charge on any atom is -0.342 e. The van der Waals surface area contributed by atoms with Gasteiger partial charge in [0, 0.05) is 44.5 Å². The molecule has 4 atom stereocenters. The SMILES string of the molecule is CSCC[C@@H](C(=O)N1C[C@H]2C[C@@H](C1)C1CCCC(=O)N1C2)n1cccc1. The van der Waals surface area contributed by atoms with Gasteiger partial charge in [-0.25, -0.2) is 0 Å². The lowest BCUT2D eigenvalue weighted by Gasteiger charge is -2.52. The fraction of sp³-hybridized carbons (Fsp3) is 0.700. The summed E-state index contributed by atoms with van der Waals surface area (Å²) in [5, 5.41) is 0. The van der Waals surface area contributed by atoms with E-state index in [0.29, 0.717) is 30.2 Å². The Balaban J connectivity index is 1.49. The van der Waals surface area contributed by atoms with Crippen LogP contribution in [0.25, 0.3) is 0 Å². The molecule has 2 bridgehead atoms. The molecule has 3 aliphatic heterocycles. The maximum atomic E-state index is 13.4. The monoisotopic (exact) mass is 375 g/mol. The first-order valence-corrected chi connectivity index (χ1v) is 11.3. The van der Waals surface area contributed by atoms with Crippen LogP contribution in [-0.2, 0) is 9.59 Å². The molecule has 26 heavy (non-hydrogen) atoms. The van der Waals surface area contributed by atoms with Crippen LogP contribution in [0.1, 0.15) is 38.1 Å². The predicted molar refractivity (Wildman–Crippen MR) is 104 cm³/mol. The van der Waals surface area contributed by atoms with Crippen LogP contribution in [0.5, 0.6) is 0 Å². The van der Waals surface area contributed by atoms with Gasteiger partial charge < -0.3 is 14.4 Å². The summed E-state index contributed by atoms with van der Waals surface area (Å²) in [5.74, 6) is 2.49. The van der Waals surface area contributed by atoms with Crippen LogP contribution in [0, 0.1) is 11.8 Å². The van der Waals surface area contributed by atoms with Crippen LogP contribution in [0.3, 0.4) is 0 Å². The van der Waals surface area contributed by atoms with Gasteiger partial charge in [-0.2, -0.15) is 11.8 Å². The van der Waals surface area contributed by atoms with Gasteiger partial charge in [0.25, 0.3) is 0 Å². The Bertz CT molecular complexity index is 647. The highest BCUT2D eigenvalue weighted by Crippen LogP contribution is 2.38. The second-order valence-electron chi connectivity index (χ2n) is 8.04. The fourth-order valence-corrected chi connectivity index (χ4v) is 5.64. The zero-order chi connectivity index (χ0) is 18.1. The molecule has 1 unspecified atom stereocenters. The van der Waals surface area contributed by atoms with E-state index in [4.69, 9.17) is 0 Å². The summed E-state index contributed by atoms with van der Waals surface area (Å²) in [7, 11) is 0. The number of thioether (sulfide) groups is 1. The van der Waals surface area contributed by atoms with Crippen LogP contribution in [0.2, 0.25) is 0 Å². The maximum Gasteiger partial charge on any atom is 0.245 e. The quantitative estimate of drug-likeness (QED) is 0.795. The Hall–Kier alpha value is -1.43. The molecule has 1 aromatic heterocycles. The smallest absolute Gasteiger partial charge is 0.245 e. The molecule has 4 rings (SSSR count). The number of nitrogens with zero attached hydrogens (tertiary/aromatic N) is 3. The molecule has 0 aliphatic carbocycles. The molecule has 3 saturated heterocycles. The minimum absolute atomic E-state index is 0.0969. The van der Waals surface area contributed by atoms with Gasteiger partial charge in [0.05, 0.1) is 0 Å². The number of hydrogen-bond acceptors (Lipinski definition) is 3. The standard InChI is InChI=1S/C20H29N3O2S/c1-26-10-7-18(21-8-2-3-9-21)20(25)22-12-15-11-16(14-22)17-5-4-6-19(24)23(17)13-15/h2-3,8-9,15-18H,4-7,10-14H2,1H3/t15-,16+,17?,18+/m1/s1. The number of carbonyl (C=O) groups excluding carboxylic acids is 2. The van der Waals surface area contributed by atoms with Crippen LogP contribution in [-0.4, -0.2) is 63.9 Å². The molecule has 0 spiro atoms. The Kier molecular flexibility index (Phi) is 5.30. The van der Waals surface area contributed by atoms with Gasteiger partial charge in [0.2, 0.25) is 11.8 Å². The normalized spacial score (nSPS) is 29.4. The van der Waals surface area contributed by atoms with Crippen molar-refractivity contribution in [2.24, 2.45) is 11.8 Å². The maximum absolute atomic E-state index is 13.4. The molecule has 0 N–H and O–H groups in total. The number of hydrogen-bond donors (Lipinski definition) is 0. The topological polar surface area (TPSA) is 45.6 Å². The number of aromatic nitrogens is 1. The largest absolute Gasteiger partial charge is 0.342 e. The van der Waals surface area contributed by atoms with Crippen molar-refractivity contribution < 1.29 is 9.59 Å². The van der Waals surface area contributed by atoms with Gasteiger partial charge in [0.1, 0.15) is 6.04 Å². The van der Waals surface area contributed by atoms with E-state index in [9.17, 15) is 9.59 Å². The van der Waals surface area contributed by atoms with Gasteiger partial charge in [-0.3, -0.25) is 9.59 Å². The van der Waals surface area contributed by atoms with E-state index in [2.05, 4.69) is 20.6 Å². The summed E-state index contributed by atoms with van der Waals surface area (Å²) in [6.45, 7) is 2.48. The van der Waals surface area contributed by atoms with E-state index < -0.39 is 0 Å². The molecule has 3 aliphatic rings. The highest BCUT2D eigenvalue weighted by molar-refractivity contribution is 7.98. The van der Waals surface area contributed by atoms with Crippen molar-refractivity contribution in [3.8, 4) is 0 Å². The molecule has 0 radical (unpaired) electrons. The van der Waals surface area contributed by atoms with Crippen molar-refractivity contribution in [2.75, 3.05) is 31.6 Å². The highest BCUT2D eigenvalue weighted by Gasteiger charge is 2.45. The van der Waals surface area contributed by atoms with E-state index in [1.165, 1.54) is 6.42 Å². The third-order valence-corrected chi connectivity index (χ3v) is 7.00. The second kappa shape index (κ2) is 7.67. The zero-order valence-corrected chi connectivity index (χ0v) is 16.4. The van der Waals surface area contributed by atoms with Crippen LogP contribution in [0.15, 0.2) is 24.5 Å². The van der Waals surface area contributed by atoms with Gasteiger partial charge in [-0.1, -0.05) is 0 Å². The number of amides is 2. The molecular formula is C20H29N3O2S. The molecule has 2 amide bonds. The average Bonchev–Trinajstić information content (AvgIpc) is 3.17. The molecule has 1 aromatic rings. The third-order valence-electron chi connectivity index (χ3n) is 6.36. The van der Waals surface area contributed by atoms with Crippen molar-refractivity contribution in [2.45, 2.75) is 44.2 Å². The van der Waals surface area contributed by atoms with E-state index in [0.717, 1.165) is 44.6 Å². The molecule has 5 nitrogen and oxygen atoms in total. The molecule has 142 valence electrons. The lowest BCUT2D eigenvalue weighted by molar-refractivity contribution is -0.150. The lowest BCUT2D eigenvalue weighted by Crippen LogP contribution is -2.61. The Morgan fingerprint density at radius 3 is 2.85 bits per heavy atom. The van der Waals surface area contributed by atoms with Crippen molar-refractivity contribution in [1.82, 2.24) is 14.4 Å². The molecule has 6 heteroatoms. The van der Waals surface area contributed by atoms with Crippen molar-refractivity contribution in [3.63, 3.8) is 0 Å². The third kappa shape index (κ3) is 3.40. The average molecular weight is 376 g/mol. The first kappa shape index (κ1) is 18.0. The van der Waals surface area contributed by atoms with Gasteiger partial charge in [0.15, 0.2) is 0 Å².